The topological polar surface area (TPSA) is 60.4 Å². The summed E-state index contributed by atoms with van der Waals surface area (Å²) in [4.78, 5) is 37.2. The van der Waals surface area contributed by atoms with Crippen LogP contribution in [0.15, 0.2) is 23.3 Å². The Hall–Kier alpha value is -1.71. The predicted molar refractivity (Wildman–Crippen MR) is 111 cm³/mol. The number of hydrogen-bond donors (Lipinski definition) is 0. The van der Waals surface area contributed by atoms with Gasteiger partial charge in [-0.15, -0.1) is 0 Å². The third-order valence-electron chi connectivity index (χ3n) is 9.20. The van der Waals surface area contributed by atoms with E-state index in [4.69, 9.17) is 4.74 Å². The summed E-state index contributed by atoms with van der Waals surface area (Å²) in [6.45, 7) is 11.7. The van der Waals surface area contributed by atoms with E-state index < -0.39 is 5.60 Å². The molecule has 7 atom stereocenters. The molecule has 4 heteroatoms. The van der Waals surface area contributed by atoms with Crippen LogP contribution in [0.5, 0.6) is 0 Å². The van der Waals surface area contributed by atoms with Gasteiger partial charge in [-0.1, -0.05) is 32.4 Å². The van der Waals surface area contributed by atoms with Gasteiger partial charge in [-0.25, -0.2) is 0 Å². The summed E-state index contributed by atoms with van der Waals surface area (Å²) in [7, 11) is 0. The number of allylic oxidation sites excluding steroid dienone is 4. The standard InChI is InChI=1S/C25H34O4/c1-14-11-19-20(23(5)9-7-18(28)13-21(14)23)8-10-24(6)22(19)12-15(2)25(24,16(3)26)29-17(4)27/h11,13,15,19-20,22H,7-10,12H2,1-6H3. The van der Waals surface area contributed by atoms with Crippen molar-refractivity contribution in [1.82, 2.24) is 0 Å². The average molecular weight is 399 g/mol. The van der Waals surface area contributed by atoms with E-state index in [0.717, 1.165) is 25.7 Å². The molecule has 0 heterocycles. The first-order chi connectivity index (χ1) is 13.5. The Morgan fingerprint density at radius 2 is 1.83 bits per heavy atom. The molecule has 0 aromatic rings. The van der Waals surface area contributed by atoms with E-state index in [0.29, 0.717) is 24.2 Å². The van der Waals surface area contributed by atoms with Crippen LogP contribution in [0.1, 0.15) is 73.6 Å². The quantitative estimate of drug-likeness (QED) is 0.626. The lowest BCUT2D eigenvalue weighted by atomic mass is 9.47. The molecule has 0 amide bonds. The Labute approximate surface area is 174 Å². The van der Waals surface area contributed by atoms with Gasteiger partial charge < -0.3 is 4.74 Å². The number of ether oxygens (including phenoxy) is 1. The first-order valence-corrected chi connectivity index (χ1v) is 11.1. The number of hydrogen-bond acceptors (Lipinski definition) is 4. The van der Waals surface area contributed by atoms with Gasteiger partial charge in [-0.2, -0.15) is 0 Å². The van der Waals surface area contributed by atoms with Crippen LogP contribution in [-0.4, -0.2) is 23.1 Å². The lowest BCUT2D eigenvalue weighted by Crippen LogP contribution is -2.59. The Bertz CT molecular complexity index is 851. The maximum atomic E-state index is 13.0. The first kappa shape index (κ1) is 20.6. The lowest BCUT2D eigenvalue weighted by molar-refractivity contribution is -0.190. The second-order valence-corrected chi connectivity index (χ2v) is 10.6. The molecule has 0 aliphatic heterocycles. The highest BCUT2D eigenvalue weighted by Crippen LogP contribution is 2.69. The molecule has 2 saturated carbocycles. The molecule has 2 fully saturated rings. The van der Waals surface area contributed by atoms with Crippen LogP contribution in [0.4, 0.5) is 0 Å². The van der Waals surface area contributed by atoms with Crippen LogP contribution in [0.3, 0.4) is 0 Å². The summed E-state index contributed by atoms with van der Waals surface area (Å²) in [5.74, 6) is 0.975. The summed E-state index contributed by atoms with van der Waals surface area (Å²) in [6, 6.07) is 0. The zero-order valence-electron chi connectivity index (χ0n) is 18.6. The first-order valence-electron chi connectivity index (χ1n) is 11.1. The van der Waals surface area contributed by atoms with Gasteiger partial charge in [0, 0.05) is 24.7 Å². The molecule has 4 rings (SSSR count). The van der Waals surface area contributed by atoms with Crippen LogP contribution in [0.2, 0.25) is 0 Å². The third kappa shape index (κ3) is 2.53. The van der Waals surface area contributed by atoms with Crippen molar-refractivity contribution in [2.24, 2.45) is 34.5 Å². The van der Waals surface area contributed by atoms with Crippen molar-refractivity contribution >= 4 is 17.5 Å². The van der Waals surface area contributed by atoms with Crippen LogP contribution in [-0.2, 0) is 19.1 Å². The normalized spacial score (nSPS) is 46.1. The van der Waals surface area contributed by atoms with E-state index in [9.17, 15) is 14.4 Å². The van der Waals surface area contributed by atoms with Gasteiger partial charge in [0.1, 0.15) is 0 Å². The van der Waals surface area contributed by atoms with E-state index in [1.807, 2.05) is 6.08 Å². The second kappa shape index (κ2) is 6.39. The molecule has 4 aliphatic carbocycles. The molecule has 7 unspecified atom stereocenters. The van der Waals surface area contributed by atoms with Crippen molar-refractivity contribution in [3.05, 3.63) is 23.3 Å². The van der Waals surface area contributed by atoms with Gasteiger partial charge >= 0.3 is 5.97 Å². The number of rotatable bonds is 2. The zero-order valence-corrected chi connectivity index (χ0v) is 18.6. The molecular formula is C25H34O4. The van der Waals surface area contributed by atoms with E-state index in [2.05, 4.69) is 33.8 Å². The molecule has 0 aromatic carbocycles. The summed E-state index contributed by atoms with van der Waals surface area (Å²) in [6.07, 6.45) is 8.55. The van der Waals surface area contributed by atoms with Gasteiger partial charge in [-0.3, -0.25) is 14.4 Å². The Balaban J connectivity index is 1.83. The van der Waals surface area contributed by atoms with E-state index in [1.54, 1.807) is 6.92 Å². The summed E-state index contributed by atoms with van der Waals surface area (Å²) in [5, 5.41) is 0. The molecule has 0 bridgehead atoms. The molecule has 158 valence electrons. The number of carbonyl (C=O) groups is 3. The van der Waals surface area contributed by atoms with Crippen molar-refractivity contribution in [2.45, 2.75) is 79.2 Å². The Kier molecular flexibility index (Phi) is 4.53. The summed E-state index contributed by atoms with van der Waals surface area (Å²) in [5.41, 5.74) is 1.07. The number of esters is 1. The van der Waals surface area contributed by atoms with Crippen molar-refractivity contribution in [2.75, 3.05) is 0 Å². The molecular weight excluding hydrogens is 364 g/mol. The highest BCUT2D eigenvalue weighted by molar-refractivity contribution is 5.92. The van der Waals surface area contributed by atoms with Crippen molar-refractivity contribution in [3.8, 4) is 0 Å². The van der Waals surface area contributed by atoms with Crippen molar-refractivity contribution in [1.29, 1.82) is 0 Å². The van der Waals surface area contributed by atoms with Crippen LogP contribution in [0, 0.1) is 34.5 Å². The number of fused-ring (bicyclic) bond motifs is 5. The smallest absolute Gasteiger partial charge is 0.303 e. The van der Waals surface area contributed by atoms with Crippen molar-refractivity contribution in [3.63, 3.8) is 0 Å². The van der Waals surface area contributed by atoms with Crippen molar-refractivity contribution < 1.29 is 19.1 Å². The largest absolute Gasteiger partial charge is 0.450 e. The molecule has 0 aromatic heterocycles. The monoisotopic (exact) mass is 398 g/mol. The summed E-state index contributed by atoms with van der Waals surface area (Å²) < 4.78 is 5.93. The van der Waals surface area contributed by atoms with Gasteiger partial charge in [0.15, 0.2) is 17.2 Å². The van der Waals surface area contributed by atoms with Crippen LogP contribution < -0.4 is 0 Å². The Morgan fingerprint density at radius 1 is 1.14 bits per heavy atom. The lowest BCUT2D eigenvalue weighted by Gasteiger charge is -2.58. The molecule has 0 saturated heterocycles. The third-order valence-corrected chi connectivity index (χ3v) is 9.20. The number of ketones is 2. The minimum atomic E-state index is -1.03. The minimum absolute atomic E-state index is 0.00374. The van der Waals surface area contributed by atoms with E-state index in [1.165, 1.54) is 18.1 Å². The Morgan fingerprint density at radius 3 is 2.45 bits per heavy atom. The summed E-state index contributed by atoms with van der Waals surface area (Å²) >= 11 is 0. The predicted octanol–water partition coefficient (Wildman–Crippen LogP) is 4.82. The maximum absolute atomic E-state index is 13.0. The molecule has 0 radical (unpaired) electrons. The highest BCUT2D eigenvalue weighted by atomic mass is 16.6. The molecule has 4 aliphatic rings. The van der Waals surface area contributed by atoms with Crippen LogP contribution >= 0.6 is 0 Å². The number of Topliss-reactive ketones (excluding diaryl/α,β-unsaturated/α-hetero) is 1. The highest BCUT2D eigenvalue weighted by Gasteiger charge is 2.70. The van der Waals surface area contributed by atoms with Gasteiger partial charge in [0.05, 0.1) is 0 Å². The van der Waals surface area contributed by atoms with E-state index >= 15 is 0 Å². The van der Waals surface area contributed by atoms with Gasteiger partial charge in [0.2, 0.25) is 0 Å². The second-order valence-electron chi connectivity index (χ2n) is 10.6. The number of carbonyl (C=O) groups excluding carboxylic acids is 3. The van der Waals surface area contributed by atoms with Gasteiger partial charge in [-0.05, 0) is 74.3 Å². The fourth-order valence-corrected chi connectivity index (χ4v) is 8.01. The van der Waals surface area contributed by atoms with Crippen LogP contribution in [0.25, 0.3) is 0 Å². The fourth-order valence-electron chi connectivity index (χ4n) is 8.01. The fraction of sp³-hybridized carbons (Fsp3) is 0.720. The molecule has 0 spiro atoms. The van der Waals surface area contributed by atoms with Gasteiger partial charge in [0.25, 0.3) is 0 Å². The minimum Gasteiger partial charge on any atom is -0.450 e. The zero-order chi connectivity index (χ0) is 21.4. The van der Waals surface area contributed by atoms with E-state index in [-0.39, 0.29) is 34.3 Å². The molecule has 29 heavy (non-hydrogen) atoms. The molecule has 0 N–H and O–H groups in total. The average Bonchev–Trinajstić information content (AvgIpc) is 2.85. The SMILES string of the molecule is CC(=O)OC1(C(C)=O)C(C)CC2C3C=C(C)C4=CC(=O)CCC4(C)C3CCC21C. The molecule has 4 nitrogen and oxygen atoms in total. The maximum Gasteiger partial charge on any atom is 0.303 e.